The summed E-state index contributed by atoms with van der Waals surface area (Å²) in [5, 5.41) is 12.7. The van der Waals surface area contributed by atoms with Gasteiger partial charge >= 0.3 is 12.0 Å². The van der Waals surface area contributed by atoms with Crippen LogP contribution >= 0.6 is 11.6 Å². The van der Waals surface area contributed by atoms with Gasteiger partial charge in [-0.1, -0.05) is 23.7 Å². The molecule has 126 valence electrons. The number of aliphatic carboxylic acids is 1. The quantitative estimate of drug-likeness (QED) is 0.879. The summed E-state index contributed by atoms with van der Waals surface area (Å²) in [5.41, 5.74) is 0.977. The van der Waals surface area contributed by atoms with Crippen molar-refractivity contribution in [1.29, 1.82) is 0 Å². The van der Waals surface area contributed by atoms with Crippen LogP contribution in [0.1, 0.15) is 44.2 Å². The van der Waals surface area contributed by atoms with Crippen LogP contribution in [0.4, 0.5) is 4.79 Å². The number of halogens is 1. The number of hydrogen-bond donors (Lipinski definition) is 2. The van der Waals surface area contributed by atoms with E-state index >= 15 is 0 Å². The summed E-state index contributed by atoms with van der Waals surface area (Å²) in [6.45, 7) is 1.95. The lowest BCUT2D eigenvalue weighted by Gasteiger charge is -2.31. The fraction of sp³-hybridized carbons (Fsp3) is 0.529. The van der Waals surface area contributed by atoms with Crippen molar-refractivity contribution >= 4 is 23.6 Å². The molecule has 1 fully saturated rings. The average Bonchev–Trinajstić information content (AvgIpc) is 2.54. The third-order valence-corrected chi connectivity index (χ3v) is 4.87. The Morgan fingerprint density at radius 2 is 1.96 bits per heavy atom. The number of rotatable bonds is 4. The summed E-state index contributed by atoms with van der Waals surface area (Å²) in [6, 6.07) is 7.28. The molecule has 1 atom stereocenters. The SMILES string of the molecule is CC(c1cccc(Cl)c1)N(C)C(=O)NC1CCC(C(=O)O)CC1. The lowest BCUT2D eigenvalue weighted by Crippen LogP contribution is -2.45. The van der Waals surface area contributed by atoms with Crippen molar-refractivity contribution in [2.45, 2.75) is 44.7 Å². The largest absolute Gasteiger partial charge is 0.481 e. The van der Waals surface area contributed by atoms with E-state index in [0.29, 0.717) is 30.7 Å². The minimum Gasteiger partial charge on any atom is -0.481 e. The van der Waals surface area contributed by atoms with Gasteiger partial charge in [-0.2, -0.15) is 0 Å². The number of carboxylic acids is 1. The normalized spacial score (nSPS) is 22.2. The van der Waals surface area contributed by atoms with E-state index < -0.39 is 5.97 Å². The van der Waals surface area contributed by atoms with E-state index in [4.69, 9.17) is 16.7 Å². The molecule has 0 aliphatic heterocycles. The zero-order chi connectivity index (χ0) is 17.0. The molecule has 23 heavy (non-hydrogen) atoms. The number of amides is 2. The topological polar surface area (TPSA) is 69.6 Å². The maximum absolute atomic E-state index is 12.4. The fourth-order valence-electron chi connectivity index (χ4n) is 2.93. The van der Waals surface area contributed by atoms with Gasteiger partial charge in [0, 0.05) is 18.1 Å². The van der Waals surface area contributed by atoms with Crippen molar-refractivity contribution in [2.24, 2.45) is 5.92 Å². The molecule has 1 aromatic carbocycles. The number of hydrogen-bond acceptors (Lipinski definition) is 2. The first-order valence-corrected chi connectivity index (χ1v) is 8.28. The summed E-state index contributed by atoms with van der Waals surface area (Å²) in [7, 11) is 1.75. The molecule has 1 saturated carbocycles. The van der Waals surface area contributed by atoms with Crippen molar-refractivity contribution in [3.05, 3.63) is 34.9 Å². The number of carbonyl (C=O) groups is 2. The highest BCUT2D eigenvalue weighted by atomic mass is 35.5. The van der Waals surface area contributed by atoms with Crippen molar-refractivity contribution in [1.82, 2.24) is 10.2 Å². The third-order valence-electron chi connectivity index (χ3n) is 4.64. The van der Waals surface area contributed by atoms with E-state index in [2.05, 4.69) is 5.32 Å². The van der Waals surface area contributed by atoms with Gasteiger partial charge < -0.3 is 15.3 Å². The third kappa shape index (κ3) is 4.61. The summed E-state index contributed by atoms with van der Waals surface area (Å²) in [5.74, 6) is -1.01. The van der Waals surface area contributed by atoms with E-state index in [1.165, 1.54) is 0 Å². The van der Waals surface area contributed by atoms with Gasteiger partial charge in [0.1, 0.15) is 0 Å². The van der Waals surface area contributed by atoms with Crippen molar-refractivity contribution < 1.29 is 14.7 Å². The van der Waals surface area contributed by atoms with Crippen LogP contribution in [-0.2, 0) is 4.79 Å². The number of carboxylic acid groups (broad SMARTS) is 1. The van der Waals surface area contributed by atoms with Crippen LogP contribution in [-0.4, -0.2) is 35.1 Å². The van der Waals surface area contributed by atoms with Crippen LogP contribution in [0.2, 0.25) is 5.02 Å². The lowest BCUT2D eigenvalue weighted by molar-refractivity contribution is -0.142. The Labute approximate surface area is 141 Å². The van der Waals surface area contributed by atoms with Crippen LogP contribution in [0, 0.1) is 5.92 Å². The highest BCUT2D eigenvalue weighted by molar-refractivity contribution is 6.30. The fourth-order valence-corrected chi connectivity index (χ4v) is 3.13. The molecular formula is C17H23ClN2O3. The minimum atomic E-state index is -0.735. The highest BCUT2D eigenvalue weighted by Gasteiger charge is 2.28. The number of nitrogens with one attached hydrogen (secondary N) is 1. The van der Waals surface area contributed by atoms with Crippen molar-refractivity contribution in [3.8, 4) is 0 Å². The number of urea groups is 1. The Kier molecular flexibility index (Phi) is 5.88. The number of carbonyl (C=O) groups excluding carboxylic acids is 1. The predicted octanol–water partition coefficient (Wildman–Crippen LogP) is 3.69. The molecule has 2 N–H and O–H groups in total. The van der Waals surface area contributed by atoms with Gasteiger partial charge in [-0.3, -0.25) is 4.79 Å². The molecule has 2 rings (SSSR count). The summed E-state index contributed by atoms with van der Waals surface area (Å²) in [4.78, 5) is 25.0. The second-order valence-corrected chi connectivity index (χ2v) is 6.61. The molecular weight excluding hydrogens is 316 g/mol. The van der Waals surface area contributed by atoms with Gasteiger partial charge in [0.15, 0.2) is 0 Å². The first-order chi connectivity index (χ1) is 10.9. The van der Waals surface area contributed by atoms with Crippen molar-refractivity contribution in [2.75, 3.05) is 7.05 Å². The zero-order valence-electron chi connectivity index (χ0n) is 13.5. The lowest BCUT2D eigenvalue weighted by atomic mass is 9.86. The molecule has 1 aliphatic rings. The molecule has 1 unspecified atom stereocenters. The summed E-state index contributed by atoms with van der Waals surface area (Å²) >= 11 is 6.00. The maximum Gasteiger partial charge on any atom is 0.317 e. The zero-order valence-corrected chi connectivity index (χ0v) is 14.2. The van der Waals surface area contributed by atoms with Gasteiger partial charge in [0.25, 0.3) is 0 Å². The molecule has 0 saturated heterocycles. The number of nitrogens with zero attached hydrogens (tertiary/aromatic N) is 1. The van der Waals surface area contributed by atoms with Crippen LogP contribution in [0.15, 0.2) is 24.3 Å². The Balaban J connectivity index is 1.89. The van der Waals surface area contributed by atoms with Gasteiger partial charge in [-0.15, -0.1) is 0 Å². The van der Waals surface area contributed by atoms with Gasteiger partial charge in [0.05, 0.1) is 12.0 Å². The summed E-state index contributed by atoms with van der Waals surface area (Å²) < 4.78 is 0. The first kappa shape index (κ1) is 17.6. The molecule has 0 radical (unpaired) electrons. The summed E-state index contributed by atoms with van der Waals surface area (Å²) in [6.07, 6.45) is 2.66. The van der Waals surface area contributed by atoms with Crippen LogP contribution in [0.3, 0.4) is 0 Å². The second kappa shape index (κ2) is 7.68. The molecule has 5 nitrogen and oxygen atoms in total. The molecule has 0 spiro atoms. The van der Waals surface area contributed by atoms with Crippen LogP contribution in [0.5, 0.6) is 0 Å². The van der Waals surface area contributed by atoms with E-state index in [0.717, 1.165) is 5.56 Å². The van der Waals surface area contributed by atoms with E-state index in [9.17, 15) is 9.59 Å². The van der Waals surface area contributed by atoms with E-state index in [-0.39, 0.29) is 24.0 Å². The smallest absolute Gasteiger partial charge is 0.317 e. The molecule has 2 amide bonds. The maximum atomic E-state index is 12.4. The van der Waals surface area contributed by atoms with Gasteiger partial charge in [0.2, 0.25) is 0 Å². The van der Waals surface area contributed by atoms with Gasteiger partial charge in [-0.05, 0) is 50.3 Å². The Bertz CT molecular complexity index is 571. The molecule has 6 heteroatoms. The standard InChI is InChI=1S/C17H23ClN2O3/c1-11(13-4-3-5-14(18)10-13)20(2)17(23)19-15-8-6-12(7-9-15)16(21)22/h3-5,10-12,15H,6-9H2,1-2H3,(H,19,23)(H,21,22). The molecule has 1 aliphatic carbocycles. The predicted molar refractivity (Wildman–Crippen MR) is 89.5 cm³/mol. The van der Waals surface area contributed by atoms with Crippen LogP contribution < -0.4 is 5.32 Å². The molecule has 1 aromatic rings. The van der Waals surface area contributed by atoms with E-state index in [1.54, 1.807) is 18.0 Å². The molecule has 0 bridgehead atoms. The monoisotopic (exact) mass is 338 g/mol. The Morgan fingerprint density at radius 1 is 1.30 bits per heavy atom. The molecule has 0 aromatic heterocycles. The Morgan fingerprint density at radius 3 is 2.52 bits per heavy atom. The number of benzene rings is 1. The second-order valence-electron chi connectivity index (χ2n) is 6.18. The highest BCUT2D eigenvalue weighted by Crippen LogP contribution is 2.26. The average molecular weight is 339 g/mol. The molecule has 0 heterocycles. The Hall–Kier alpha value is -1.75. The van der Waals surface area contributed by atoms with E-state index in [1.807, 2.05) is 25.1 Å². The van der Waals surface area contributed by atoms with Gasteiger partial charge in [-0.25, -0.2) is 4.79 Å². The van der Waals surface area contributed by atoms with Crippen molar-refractivity contribution in [3.63, 3.8) is 0 Å². The first-order valence-electron chi connectivity index (χ1n) is 7.90. The van der Waals surface area contributed by atoms with Crippen LogP contribution in [0.25, 0.3) is 0 Å². The minimum absolute atomic E-state index is 0.0483.